The van der Waals surface area contributed by atoms with Crippen LogP contribution in [0.25, 0.3) is 0 Å². The zero-order valence-electron chi connectivity index (χ0n) is 10.2. The van der Waals surface area contributed by atoms with E-state index in [2.05, 4.69) is 13.8 Å². The monoisotopic (exact) mass is 328 g/mol. The summed E-state index contributed by atoms with van der Waals surface area (Å²) in [7, 11) is 0. The number of halogens is 1. The van der Waals surface area contributed by atoms with Crippen LogP contribution in [0.15, 0.2) is 0 Å². The molecule has 0 aromatic rings. The summed E-state index contributed by atoms with van der Waals surface area (Å²) in [6.45, 7) is 4.95. The van der Waals surface area contributed by atoms with Gasteiger partial charge in [-0.15, -0.1) is 0 Å². The Balaban J connectivity index is 1.51. The van der Waals surface area contributed by atoms with Crippen molar-refractivity contribution < 1.29 is 0 Å². The number of hydrogen-bond acceptors (Lipinski definition) is 0. The van der Waals surface area contributed by atoms with Gasteiger partial charge >= 0.3 is 106 Å². The van der Waals surface area contributed by atoms with Crippen LogP contribution in [0.1, 0.15) is 26.7 Å². The van der Waals surface area contributed by atoms with Gasteiger partial charge in [-0.1, -0.05) is 0 Å². The molecule has 16 heavy (non-hydrogen) atoms. The zero-order chi connectivity index (χ0) is 10.4. The van der Waals surface area contributed by atoms with E-state index in [1.807, 2.05) is 0 Å². The molecular weight excluding hydrogens is 307 g/mol. The fourth-order valence-corrected chi connectivity index (χ4v) is 20.3. The van der Waals surface area contributed by atoms with Crippen LogP contribution in [0, 0.1) is 46.8 Å². The van der Waals surface area contributed by atoms with Gasteiger partial charge in [-0.3, -0.25) is 0 Å². The molecule has 5 aliphatic carbocycles. The summed E-state index contributed by atoms with van der Waals surface area (Å²) in [6, 6.07) is 0. The normalized spacial score (nSPS) is 79.9. The van der Waals surface area contributed by atoms with Crippen LogP contribution >= 0.6 is 19.8 Å². The fraction of sp³-hybridized carbons (Fsp3) is 1.00. The van der Waals surface area contributed by atoms with Gasteiger partial charge in [-0.05, 0) is 0 Å². The molecule has 88 valence electrons. The topological polar surface area (TPSA) is 0 Å². The van der Waals surface area contributed by atoms with E-state index in [1.54, 1.807) is 10.8 Å². The molecule has 1 spiro atoms. The third kappa shape index (κ3) is 0.484. The second-order valence-corrected chi connectivity index (χ2v) is 13.7. The number of rotatable bonds is 3. The Morgan fingerprint density at radius 2 is 1.88 bits per heavy atom. The Morgan fingerprint density at radius 1 is 1.00 bits per heavy atom. The molecule has 0 aromatic carbocycles. The standard InChI is InChI=1S/C15H21I/c1-3-5-16-13-9-8-7-6(4-2)10-14(16)15(10,11(7)9)12(8)13/h6-14H,3-5H2,1-2H3/t6?,7-,8?,9?,10?,11?,12?,13?,14?,15+/m1/s1. The molecule has 6 rings (SSSR count). The third-order valence-corrected chi connectivity index (χ3v) is 17.1. The van der Waals surface area contributed by atoms with Crippen molar-refractivity contribution in [3.63, 3.8) is 0 Å². The van der Waals surface area contributed by atoms with Crippen LogP contribution in [0.5, 0.6) is 0 Å². The third-order valence-electron chi connectivity index (χ3n) is 7.72. The second kappa shape index (κ2) is 2.16. The van der Waals surface area contributed by atoms with Gasteiger partial charge in [-0.25, -0.2) is 0 Å². The van der Waals surface area contributed by atoms with Crippen molar-refractivity contribution in [2.75, 3.05) is 4.43 Å². The Morgan fingerprint density at radius 3 is 2.62 bits per heavy atom. The van der Waals surface area contributed by atoms with Crippen LogP contribution in [-0.2, 0) is 0 Å². The Labute approximate surface area is 105 Å². The summed E-state index contributed by atoms with van der Waals surface area (Å²) in [6.07, 6.45) is 3.07. The second-order valence-electron chi connectivity index (χ2n) is 7.35. The SMILES string of the molecule is CCCI1C2C3C4C2[C@]25C(C(CC)[C@H]4C32)C15. The van der Waals surface area contributed by atoms with Crippen LogP contribution in [0.4, 0.5) is 0 Å². The molecule has 0 amide bonds. The average molecular weight is 328 g/mol. The molecule has 8 unspecified atom stereocenters. The van der Waals surface area contributed by atoms with Crippen LogP contribution in [0.2, 0.25) is 0 Å². The maximum absolute atomic E-state index is 2.50. The first-order valence-electron chi connectivity index (χ1n) is 7.51. The van der Waals surface area contributed by atoms with Crippen molar-refractivity contribution in [1.29, 1.82) is 0 Å². The van der Waals surface area contributed by atoms with Gasteiger partial charge in [0.25, 0.3) is 0 Å². The first-order valence-corrected chi connectivity index (χ1v) is 11.5. The van der Waals surface area contributed by atoms with Crippen molar-refractivity contribution in [3.05, 3.63) is 0 Å². The van der Waals surface area contributed by atoms with Crippen LogP contribution < -0.4 is 0 Å². The van der Waals surface area contributed by atoms with E-state index >= 15 is 0 Å². The van der Waals surface area contributed by atoms with Crippen molar-refractivity contribution in [2.45, 2.75) is 34.5 Å². The Hall–Kier alpha value is 0.730. The van der Waals surface area contributed by atoms with E-state index in [0.717, 1.165) is 5.41 Å². The van der Waals surface area contributed by atoms with E-state index in [1.165, 1.54) is 55.7 Å². The molecule has 6 aliphatic rings. The molecule has 5 saturated carbocycles. The number of hydrogen-bond donors (Lipinski definition) is 0. The maximum atomic E-state index is 2.50. The van der Waals surface area contributed by atoms with Crippen molar-refractivity contribution in [3.8, 4) is 0 Å². The van der Waals surface area contributed by atoms with Crippen LogP contribution in [0.3, 0.4) is 0 Å². The van der Waals surface area contributed by atoms with Gasteiger partial charge in [0, 0.05) is 0 Å². The molecule has 1 heteroatoms. The summed E-state index contributed by atoms with van der Waals surface area (Å²) in [5.41, 5.74) is 1.09. The summed E-state index contributed by atoms with van der Waals surface area (Å²) < 4.78 is 4.58. The minimum absolute atomic E-state index is 0.453. The van der Waals surface area contributed by atoms with Crippen LogP contribution in [-0.4, -0.2) is 12.3 Å². The summed E-state index contributed by atoms with van der Waals surface area (Å²) in [5, 5.41) is 0. The summed E-state index contributed by atoms with van der Waals surface area (Å²) in [4.78, 5) is 0. The van der Waals surface area contributed by atoms with E-state index in [0.29, 0.717) is 0 Å². The molecule has 0 nitrogen and oxygen atoms in total. The number of fused-ring (bicyclic) bond motifs is 1. The average Bonchev–Trinajstić information content (AvgIpc) is 2.51. The van der Waals surface area contributed by atoms with Gasteiger partial charge in [0.2, 0.25) is 0 Å². The Bertz CT molecular complexity index is 418. The molecule has 1 aliphatic heterocycles. The number of alkyl halides is 3. The molecule has 10 atom stereocenters. The van der Waals surface area contributed by atoms with Gasteiger partial charge in [0.1, 0.15) is 0 Å². The molecule has 0 radical (unpaired) electrons. The molecule has 6 fully saturated rings. The van der Waals surface area contributed by atoms with E-state index in [4.69, 9.17) is 0 Å². The predicted molar refractivity (Wildman–Crippen MR) is 73.9 cm³/mol. The Kier molecular flexibility index (Phi) is 1.18. The summed E-state index contributed by atoms with van der Waals surface area (Å²) in [5.74, 6) is 9.22. The quantitative estimate of drug-likeness (QED) is 0.550. The van der Waals surface area contributed by atoms with Gasteiger partial charge in [-0.2, -0.15) is 0 Å². The first-order chi connectivity index (χ1) is 7.89. The van der Waals surface area contributed by atoms with E-state index in [9.17, 15) is 0 Å². The van der Waals surface area contributed by atoms with Crippen molar-refractivity contribution in [2.24, 2.45) is 46.8 Å². The minimum atomic E-state index is -0.453. The van der Waals surface area contributed by atoms with Gasteiger partial charge < -0.3 is 0 Å². The zero-order valence-corrected chi connectivity index (χ0v) is 12.4. The van der Waals surface area contributed by atoms with E-state index in [-0.39, 0.29) is 0 Å². The molecule has 1 saturated heterocycles. The van der Waals surface area contributed by atoms with Gasteiger partial charge in [0.15, 0.2) is 0 Å². The predicted octanol–water partition coefficient (Wildman–Crippen LogP) is 3.43. The first kappa shape index (κ1) is 8.77. The van der Waals surface area contributed by atoms with Gasteiger partial charge in [0.05, 0.1) is 0 Å². The van der Waals surface area contributed by atoms with Crippen molar-refractivity contribution >= 4 is 19.8 Å². The van der Waals surface area contributed by atoms with E-state index < -0.39 is 19.8 Å². The molecular formula is C15H21I. The molecule has 1 heterocycles. The summed E-state index contributed by atoms with van der Waals surface area (Å²) >= 11 is -0.453. The van der Waals surface area contributed by atoms with Crippen molar-refractivity contribution in [1.82, 2.24) is 0 Å². The fourth-order valence-electron chi connectivity index (χ4n) is 8.06. The molecule has 0 N–H and O–H groups in total. The molecule has 4 bridgehead atoms. The molecule has 0 aromatic heterocycles.